The van der Waals surface area contributed by atoms with Crippen molar-refractivity contribution in [2.75, 3.05) is 12.1 Å². The highest BCUT2D eigenvalue weighted by Gasteiger charge is 2.73. The Morgan fingerprint density at radius 1 is 0.968 bits per heavy atom. The van der Waals surface area contributed by atoms with Crippen LogP contribution >= 0.6 is 15.9 Å². The molecule has 1 saturated carbocycles. The molecule has 2 unspecified atom stereocenters. The minimum atomic E-state index is -0.748. The van der Waals surface area contributed by atoms with Crippen LogP contribution in [0, 0.1) is 5.41 Å². The van der Waals surface area contributed by atoms with Gasteiger partial charge < -0.3 is 14.8 Å². The van der Waals surface area contributed by atoms with E-state index in [1.54, 1.807) is 0 Å². The number of amides is 1. The summed E-state index contributed by atoms with van der Waals surface area (Å²) in [7, 11) is 0. The van der Waals surface area contributed by atoms with Gasteiger partial charge in [-0.1, -0.05) is 36.7 Å². The lowest BCUT2D eigenvalue weighted by Gasteiger charge is -2.39. The number of aromatic nitrogens is 2. The van der Waals surface area contributed by atoms with Crippen molar-refractivity contribution >= 4 is 38.6 Å². The number of ether oxygens (including phenoxy) is 2. The summed E-state index contributed by atoms with van der Waals surface area (Å²) in [5, 5.41) is 3.16. The highest BCUT2D eigenvalue weighted by Crippen LogP contribution is 2.70. The molecule has 158 valence electrons. The fourth-order valence-electron chi connectivity index (χ4n) is 5.77. The Balaban J connectivity index is 1.53. The second-order valence-corrected chi connectivity index (χ2v) is 10.4. The molecule has 31 heavy (non-hydrogen) atoms. The van der Waals surface area contributed by atoms with Gasteiger partial charge in [0, 0.05) is 27.7 Å². The largest absolute Gasteiger partial charge is 0.454 e. The van der Waals surface area contributed by atoms with Gasteiger partial charge in [-0.3, -0.25) is 4.79 Å². The van der Waals surface area contributed by atoms with E-state index in [1.165, 1.54) is 0 Å². The topological polar surface area (TPSA) is 73.3 Å². The summed E-state index contributed by atoms with van der Waals surface area (Å²) in [6.07, 6.45) is 1.64. The number of nitrogens with zero attached hydrogens (tertiary/aromatic N) is 2. The molecule has 0 spiro atoms. The zero-order valence-electron chi connectivity index (χ0n) is 17.6. The van der Waals surface area contributed by atoms with Gasteiger partial charge >= 0.3 is 0 Å². The number of hydrogen-bond donors (Lipinski definition) is 1. The van der Waals surface area contributed by atoms with Crippen LogP contribution in [0.15, 0.2) is 40.9 Å². The molecule has 2 bridgehead atoms. The average molecular weight is 480 g/mol. The first kappa shape index (κ1) is 19.0. The first-order chi connectivity index (χ1) is 14.8. The van der Waals surface area contributed by atoms with Crippen LogP contribution in [0.5, 0.6) is 11.5 Å². The Labute approximate surface area is 188 Å². The monoisotopic (exact) mass is 479 g/mol. The van der Waals surface area contributed by atoms with Gasteiger partial charge in [-0.05, 0) is 42.5 Å². The normalized spacial score (nSPS) is 26.8. The van der Waals surface area contributed by atoms with Crippen LogP contribution in [-0.2, 0) is 15.6 Å². The lowest BCUT2D eigenvalue weighted by atomic mass is 9.63. The molecule has 1 amide bonds. The van der Waals surface area contributed by atoms with E-state index in [2.05, 4.69) is 42.0 Å². The van der Waals surface area contributed by atoms with Crippen LogP contribution in [-0.4, -0.2) is 22.7 Å². The molecule has 0 saturated heterocycles. The molecule has 2 aliphatic carbocycles. The van der Waals surface area contributed by atoms with Gasteiger partial charge in [0.25, 0.3) is 0 Å². The summed E-state index contributed by atoms with van der Waals surface area (Å²) in [4.78, 5) is 24.0. The molecule has 6 nitrogen and oxygen atoms in total. The third-order valence-electron chi connectivity index (χ3n) is 8.02. The molecule has 3 aromatic rings. The molecule has 3 aliphatic rings. The predicted octanol–water partition coefficient (Wildman–Crippen LogP) is 5.09. The van der Waals surface area contributed by atoms with E-state index in [9.17, 15) is 4.79 Å². The van der Waals surface area contributed by atoms with E-state index in [1.807, 2.05) is 36.4 Å². The van der Waals surface area contributed by atoms with Crippen molar-refractivity contribution in [2.24, 2.45) is 5.41 Å². The van der Waals surface area contributed by atoms with E-state index >= 15 is 0 Å². The maximum Gasteiger partial charge on any atom is 0.237 e. The van der Waals surface area contributed by atoms with Crippen LogP contribution in [0.1, 0.15) is 45.0 Å². The summed E-state index contributed by atoms with van der Waals surface area (Å²) in [6, 6.07) is 11.4. The van der Waals surface area contributed by atoms with E-state index in [4.69, 9.17) is 19.4 Å². The zero-order valence-corrected chi connectivity index (χ0v) is 19.2. The third-order valence-corrected chi connectivity index (χ3v) is 8.55. The summed E-state index contributed by atoms with van der Waals surface area (Å²) >= 11 is 3.45. The van der Waals surface area contributed by atoms with E-state index < -0.39 is 5.41 Å². The number of carbonyl (C=O) groups is 1. The quantitative estimate of drug-likeness (QED) is 0.553. The van der Waals surface area contributed by atoms with Crippen molar-refractivity contribution in [3.8, 4) is 11.5 Å². The van der Waals surface area contributed by atoms with Crippen LogP contribution in [0.2, 0.25) is 0 Å². The standard InChI is InChI=1S/C24H22BrN3O3/c1-22(2)23(3)8-9-24(22,21(29)26-14-6-4-13(25)5-7-14)20-19(23)27-15-10-17-18(31-12-30-17)11-16(15)28-20/h4-7,10-11H,8-9,12H2,1-3H3,(H,26,29). The van der Waals surface area contributed by atoms with Crippen molar-refractivity contribution in [3.05, 3.63) is 52.3 Å². The Morgan fingerprint density at radius 3 is 2.23 bits per heavy atom. The van der Waals surface area contributed by atoms with Crippen LogP contribution in [0.25, 0.3) is 11.0 Å². The molecule has 1 fully saturated rings. The fraction of sp³-hybridized carbons (Fsp3) is 0.375. The van der Waals surface area contributed by atoms with Gasteiger partial charge in [0.1, 0.15) is 0 Å². The first-order valence-corrected chi connectivity index (χ1v) is 11.2. The van der Waals surface area contributed by atoms with Crippen molar-refractivity contribution in [1.29, 1.82) is 0 Å². The van der Waals surface area contributed by atoms with Gasteiger partial charge in [-0.2, -0.15) is 0 Å². The predicted molar refractivity (Wildman–Crippen MR) is 120 cm³/mol. The molecule has 2 aromatic carbocycles. The summed E-state index contributed by atoms with van der Waals surface area (Å²) in [6.45, 7) is 6.79. The molecular formula is C24H22BrN3O3. The number of benzene rings is 2. The number of rotatable bonds is 2. The smallest absolute Gasteiger partial charge is 0.237 e. The van der Waals surface area contributed by atoms with Crippen molar-refractivity contribution in [2.45, 2.75) is 44.4 Å². The van der Waals surface area contributed by atoms with Crippen molar-refractivity contribution in [3.63, 3.8) is 0 Å². The molecule has 6 rings (SSSR count). The summed E-state index contributed by atoms with van der Waals surface area (Å²) in [5.41, 5.74) is 2.68. The lowest BCUT2D eigenvalue weighted by Crippen LogP contribution is -2.48. The number of nitrogens with one attached hydrogen (secondary N) is 1. The Bertz CT molecular complexity index is 1270. The van der Waals surface area contributed by atoms with Crippen LogP contribution in [0.3, 0.4) is 0 Å². The van der Waals surface area contributed by atoms with Gasteiger partial charge in [-0.15, -0.1) is 0 Å². The molecule has 1 aliphatic heterocycles. The summed E-state index contributed by atoms with van der Waals surface area (Å²) < 4.78 is 12.0. The van der Waals surface area contributed by atoms with E-state index in [0.717, 1.165) is 45.4 Å². The van der Waals surface area contributed by atoms with Crippen LogP contribution < -0.4 is 14.8 Å². The summed E-state index contributed by atoms with van der Waals surface area (Å²) in [5.74, 6) is 1.34. The maximum absolute atomic E-state index is 13.9. The van der Waals surface area contributed by atoms with Crippen molar-refractivity contribution in [1.82, 2.24) is 9.97 Å². The third kappa shape index (κ3) is 2.25. The molecule has 1 aromatic heterocycles. The molecule has 2 atom stereocenters. The van der Waals surface area contributed by atoms with Gasteiger partial charge in [0.05, 0.1) is 27.8 Å². The van der Waals surface area contributed by atoms with E-state index in [0.29, 0.717) is 11.5 Å². The SMILES string of the molecule is CC12CCC(C(=O)Nc3ccc(Br)cc3)(c3nc4cc5c(cc4nc31)OCO5)C2(C)C. The van der Waals surface area contributed by atoms with Gasteiger partial charge in [-0.25, -0.2) is 9.97 Å². The number of hydrogen-bond acceptors (Lipinski definition) is 5. The number of anilines is 1. The van der Waals surface area contributed by atoms with E-state index in [-0.39, 0.29) is 23.5 Å². The highest BCUT2D eigenvalue weighted by molar-refractivity contribution is 9.10. The second-order valence-electron chi connectivity index (χ2n) is 9.44. The minimum absolute atomic E-state index is 0.0170. The first-order valence-electron chi connectivity index (χ1n) is 10.5. The molecule has 2 heterocycles. The minimum Gasteiger partial charge on any atom is -0.454 e. The molecular weight excluding hydrogens is 458 g/mol. The van der Waals surface area contributed by atoms with Gasteiger partial charge in [0.2, 0.25) is 12.7 Å². The van der Waals surface area contributed by atoms with Crippen LogP contribution in [0.4, 0.5) is 5.69 Å². The second kappa shape index (κ2) is 5.97. The number of fused-ring (bicyclic) bond motifs is 7. The Morgan fingerprint density at radius 2 is 1.58 bits per heavy atom. The zero-order chi connectivity index (χ0) is 21.6. The Hall–Kier alpha value is -2.67. The average Bonchev–Trinajstić information content (AvgIpc) is 3.31. The Kier molecular flexibility index (Phi) is 3.67. The van der Waals surface area contributed by atoms with Crippen molar-refractivity contribution < 1.29 is 14.3 Å². The molecule has 0 radical (unpaired) electrons. The number of carbonyl (C=O) groups excluding carboxylic acids is 1. The highest BCUT2D eigenvalue weighted by atomic mass is 79.9. The number of halogens is 1. The molecule has 7 heteroatoms. The molecule has 1 N–H and O–H groups in total. The fourth-order valence-corrected chi connectivity index (χ4v) is 6.03. The van der Waals surface area contributed by atoms with Gasteiger partial charge in [0.15, 0.2) is 11.5 Å². The lowest BCUT2D eigenvalue weighted by molar-refractivity contribution is -0.125. The maximum atomic E-state index is 13.9.